The van der Waals surface area contributed by atoms with Crippen LogP contribution in [0.5, 0.6) is 0 Å². The van der Waals surface area contributed by atoms with Gasteiger partial charge in [0.2, 0.25) is 0 Å². The van der Waals surface area contributed by atoms with Crippen molar-refractivity contribution in [1.82, 2.24) is 14.9 Å². The van der Waals surface area contributed by atoms with E-state index in [2.05, 4.69) is 21.8 Å². The Morgan fingerprint density at radius 1 is 1.30 bits per heavy atom. The molecule has 0 radical (unpaired) electrons. The molecule has 20 heavy (non-hydrogen) atoms. The number of anilines is 1. The van der Waals surface area contributed by atoms with Crippen molar-refractivity contribution in [2.24, 2.45) is 0 Å². The van der Waals surface area contributed by atoms with Crippen molar-refractivity contribution in [3.8, 4) is 0 Å². The number of carboxylic acid groups (broad SMARTS) is 1. The van der Waals surface area contributed by atoms with Crippen molar-refractivity contribution >= 4 is 11.9 Å². The van der Waals surface area contributed by atoms with Gasteiger partial charge < -0.3 is 20.0 Å². The number of nitrogens with zero attached hydrogens (tertiary/aromatic N) is 4. The van der Waals surface area contributed by atoms with Crippen molar-refractivity contribution in [2.45, 2.75) is 25.4 Å². The molecule has 7 nitrogen and oxygen atoms in total. The number of hydrogen-bond donors (Lipinski definition) is 2. The summed E-state index contributed by atoms with van der Waals surface area (Å²) >= 11 is 0. The van der Waals surface area contributed by atoms with Gasteiger partial charge in [-0.25, -0.2) is 14.8 Å². The summed E-state index contributed by atoms with van der Waals surface area (Å²) in [5, 5.41) is 19.0. The number of carbonyl (C=O) groups is 1. The van der Waals surface area contributed by atoms with E-state index in [4.69, 9.17) is 5.11 Å². The Morgan fingerprint density at radius 2 is 2.00 bits per heavy atom. The van der Waals surface area contributed by atoms with Crippen molar-refractivity contribution in [2.75, 3.05) is 31.1 Å². The van der Waals surface area contributed by atoms with Crippen LogP contribution in [0.3, 0.4) is 0 Å². The summed E-state index contributed by atoms with van der Waals surface area (Å²) in [4.78, 5) is 23.0. The van der Waals surface area contributed by atoms with Crippen molar-refractivity contribution in [1.29, 1.82) is 0 Å². The maximum Gasteiger partial charge on any atom is 0.407 e. The fourth-order valence-electron chi connectivity index (χ4n) is 3.06. The molecule has 7 heteroatoms. The molecule has 2 heterocycles. The van der Waals surface area contributed by atoms with Crippen molar-refractivity contribution in [3.05, 3.63) is 17.6 Å². The van der Waals surface area contributed by atoms with Gasteiger partial charge in [0, 0.05) is 31.7 Å². The summed E-state index contributed by atoms with van der Waals surface area (Å²) in [6.45, 7) is 4.27. The molecule has 1 amide bonds. The molecule has 0 aromatic carbocycles. The zero-order chi connectivity index (χ0) is 14.3. The maximum absolute atomic E-state index is 10.9. The lowest BCUT2D eigenvalue weighted by atomic mass is 10.1. The third kappa shape index (κ3) is 2.07. The third-order valence-electron chi connectivity index (χ3n) is 4.13. The molecule has 2 aliphatic rings. The van der Waals surface area contributed by atoms with Gasteiger partial charge in [-0.1, -0.05) is 6.92 Å². The minimum Gasteiger partial charge on any atom is -0.465 e. The first-order valence-electron chi connectivity index (χ1n) is 6.83. The number of rotatable bonds is 1. The highest BCUT2D eigenvalue weighted by atomic mass is 16.4. The molecule has 3 rings (SSSR count). The molecular formula is C13H18N4O3. The molecule has 2 atom stereocenters. The Morgan fingerprint density at radius 3 is 2.65 bits per heavy atom. The number of hydrogen-bond acceptors (Lipinski definition) is 5. The molecule has 1 aromatic heterocycles. The van der Waals surface area contributed by atoms with Crippen molar-refractivity contribution in [3.63, 3.8) is 0 Å². The molecule has 1 unspecified atom stereocenters. The molecule has 1 saturated heterocycles. The Hall–Kier alpha value is -1.89. The molecular weight excluding hydrogens is 260 g/mol. The number of fused-ring (bicyclic) bond motifs is 1. The predicted molar refractivity (Wildman–Crippen MR) is 71.8 cm³/mol. The number of amides is 1. The summed E-state index contributed by atoms with van der Waals surface area (Å²) in [7, 11) is 0. The average Bonchev–Trinajstić information content (AvgIpc) is 2.74. The Balaban J connectivity index is 1.84. The van der Waals surface area contributed by atoms with Gasteiger partial charge in [-0.3, -0.25) is 0 Å². The van der Waals surface area contributed by atoms with E-state index in [1.165, 1.54) is 11.2 Å². The van der Waals surface area contributed by atoms with Crippen LogP contribution < -0.4 is 4.90 Å². The average molecular weight is 278 g/mol. The van der Waals surface area contributed by atoms with Gasteiger partial charge in [-0.2, -0.15) is 0 Å². The van der Waals surface area contributed by atoms with Crippen LogP contribution in [-0.2, 0) is 0 Å². The molecule has 0 spiro atoms. The molecule has 1 aromatic rings. The Labute approximate surface area is 116 Å². The van der Waals surface area contributed by atoms with E-state index in [1.807, 2.05) is 0 Å². The maximum atomic E-state index is 10.9. The zero-order valence-electron chi connectivity index (χ0n) is 11.4. The first-order chi connectivity index (χ1) is 9.58. The van der Waals surface area contributed by atoms with Crippen LogP contribution in [-0.4, -0.2) is 57.4 Å². The van der Waals surface area contributed by atoms with Gasteiger partial charge in [0.1, 0.15) is 12.1 Å². The van der Waals surface area contributed by atoms with E-state index in [1.54, 1.807) is 0 Å². The topological polar surface area (TPSA) is 89.8 Å². The standard InChI is InChI=1S/C13H18N4O3/c1-8-6-9(18)11-10(8)12(15-7-14-11)16-2-4-17(5-3-16)13(19)20/h7-9,18H,2-6H2,1H3,(H,19,20)/t8-,9?/m1/s1. The van der Waals surface area contributed by atoms with E-state index < -0.39 is 12.2 Å². The lowest BCUT2D eigenvalue weighted by molar-refractivity contribution is 0.142. The minimum atomic E-state index is -0.874. The van der Waals surface area contributed by atoms with E-state index in [-0.39, 0.29) is 5.92 Å². The van der Waals surface area contributed by atoms with Crippen LogP contribution in [0.2, 0.25) is 0 Å². The van der Waals surface area contributed by atoms with Crippen molar-refractivity contribution < 1.29 is 15.0 Å². The summed E-state index contributed by atoms with van der Waals surface area (Å²) in [6.07, 6.45) is 0.776. The second-order valence-electron chi connectivity index (χ2n) is 5.41. The fourth-order valence-corrected chi connectivity index (χ4v) is 3.06. The molecule has 108 valence electrons. The fraction of sp³-hybridized carbons (Fsp3) is 0.615. The van der Waals surface area contributed by atoms with Gasteiger partial charge >= 0.3 is 6.09 Å². The van der Waals surface area contributed by atoms with E-state index in [0.29, 0.717) is 32.6 Å². The zero-order valence-corrected chi connectivity index (χ0v) is 11.4. The largest absolute Gasteiger partial charge is 0.465 e. The highest BCUT2D eigenvalue weighted by molar-refractivity contribution is 5.65. The van der Waals surface area contributed by atoms with Gasteiger partial charge in [-0.05, 0) is 12.3 Å². The van der Waals surface area contributed by atoms with E-state index >= 15 is 0 Å². The van der Waals surface area contributed by atoms with Gasteiger partial charge in [0.05, 0.1) is 11.8 Å². The first kappa shape index (κ1) is 13.1. The quantitative estimate of drug-likeness (QED) is 0.790. The second kappa shape index (κ2) is 4.90. The van der Waals surface area contributed by atoms with E-state index in [0.717, 1.165) is 17.1 Å². The minimum absolute atomic E-state index is 0.230. The summed E-state index contributed by atoms with van der Waals surface area (Å²) < 4.78 is 0. The molecule has 1 fully saturated rings. The highest BCUT2D eigenvalue weighted by Gasteiger charge is 2.33. The van der Waals surface area contributed by atoms with Gasteiger partial charge in [0.25, 0.3) is 0 Å². The van der Waals surface area contributed by atoms with Crippen LogP contribution in [0.4, 0.5) is 10.6 Å². The summed E-state index contributed by atoms with van der Waals surface area (Å²) in [6, 6.07) is 0. The van der Waals surface area contributed by atoms with Crippen LogP contribution in [0.1, 0.15) is 36.6 Å². The molecule has 2 N–H and O–H groups in total. The SMILES string of the molecule is C[C@@H]1CC(O)c2ncnc(N3CCN(C(=O)O)CC3)c21. The van der Waals surface area contributed by atoms with Crippen LogP contribution in [0, 0.1) is 0 Å². The van der Waals surface area contributed by atoms with E-state index in [9.17, 15) is 9.90 Å². The smallest absolute Gasteiger partial charge is 0.407 e. The number of aliphatic hydroxyl groups excluding tert-OH is 1. The molecule has 1 aliphatic heterocycles. The molecule has 1 aliphatic carbocycles. The number of piperazine rings is 1. The van der Waals surface area contributed by atoms with Crippen LogP contribution in [0.25, 0.3) is 0 Å². The van der Waals surface area contributed by atoms with Crippen LogP contribution in [0.15, 0.2) is 6.33 Å². The monoisotopic (exact) mass is 278 g/mol. The Kier molecular flexibility index (Phi) is 3.21. The second-order valence-corrected chi connectivity index (χ2v) is 5.41. The normalized spacial score (nSPS) is 25.7. The van der Waals surface area contributed by atoms with Gasteiger partial charge in [-0.15, -0.1) is 0 Å². The van der Waals surface area contributed by atoms with Gasteiger partial charge in [0.15, 0.2) is 0 Å². The third-order valence-corrected chi connectivity index (χ3v) is 4.13. The highest BCUT2D eigenvalue weighted by Crippen LogP contribution is 2.42. The first-order valence-corrected chi connectivity index (χ1v) is 6.83. The van der Waals surface area contributed by atoms with Crippen LogP contribution >= 0.6 is 0 Å². The Bertz CT molecular complexity index is 528. The molecule has 0 saturated carbocycles. The number of aliphatic hydroxyl groups is 1. The summed E-state index contributed by atoms with van der Waals surface area (Å²) in [5.41, 5.74) is 1.74. The predicted octanol–water partition coefficient (Wildman–Crippen LogP) is 0.817. The number of aromatic nitrogens is 2. The summed E-state index contributed by atoms with van der Waals surface area (Å²) in [5.74, 6) is 1.08. The lowest BCUT2D eigenvalue weighted by Gasteiger charge is -2.35. The lowest BCUT2D eigenvalue weighted by Crippen LogP contribution is -2.48. The molecule has 0 bridgehead atoms.